The van der Waals surface area contributed by atoms with Crippen LogP contribution in [0, 0.1) is 17.2 Å². The van der Waals surface area contributed by atoms with E-state index in [1.54, 1.807) is 51.1 Å². The molecule has 0 N–H and O–H groups in total. The number of hydrogen-bond acceptors (Lipinski definition) is 5. The minimum Gasteiger partial charge on any atom is -0.438 e. The van der Waals surface area contributed by atoms with E-state index in [2.05, 4.69) is 10.2 Å². The second kappa shape index (κ2) is 10.1. The van der Waals surface area contributed by atoms with Gasteiger partial charge in [0.1, 0.15) is 11.8 Å². The molecule has 34 heavy (non-hydrogen) atoms. The fourth-order valence-electron chi connectivity index (χ4n) is 2.96. The quantitative estimate of drug-likeness (QED) is 0.297. The summed E-state index contributed by atoms with van der Waals surface area (Å²) in [5.74, 6) is -0.776. The molecule has 2 aromatic carbocycles. The normalized spacial score (nSPS) is 12.7. The number of nitrogens with zero attached hydrogens (tertiary/aromatic N) is 4. The van der Waals surface area contributed by atoms with E-state index in [-0.39, 0.29) is 17.3 Å². The van der Waals surface area contributed by atoms with Crippen LogP contribution in [0.4, 0.5) is 13.2 Å². The highest BCUT2D eigenvalue weighted by Crippen LogP contribution is 2.30. The lowest BCUT2D eigenvalue weighted by atomic mass is 10.0. The van der Waals surface area contributed by atoms with E-state index in [0.717, 1.165) is 16.9 Å². The van der Waals surface area contributed by atoms with Crippen LogP contribution in [-0.4, -0.2) is 21.0 Å². The van der Waals surface area contributed by atoms with E-state index in [0.29, 0.717) is 21.7 Å². The zero-order valence-electron chi connectivity index (χ0n) is 18.5. The first-order chi connectivity index (χ1) is 16.0. The highest BCUT2D eigenvalue weighted by Gasteiger charge is 2.30. The highest BCUT2D eigenvalue weighted by molar-refractivity contribution is 6.31. The molecule has 0 spiro atoms. The van der Waals surface area contributed by atoms with Crippen LogP contribution in [0.3, 0.4) is 0 Å². The molecule has 3 aromatic rings. The summed E-state index contributed by atoms with van der Waals surface area (Å²) in [4.78, 5) is 13.0. The van der Waals surface area contributed by atoms with Gasteiger partial charge >= 0.3 is 12.1 Å². The van der Waals surface area contributed by atoms with Gasteiger partial charge in [-0.2, -0.15) is 18.4 Å². The lowest BCUT2D eigenvalue weighted by Crippen LogP contribution is -2.20. The van der Waals surface area contributed by atoms with Crippen LogP contribution in [0.2, 0.25) is 5.02 Å². The van der Waals surface area contributed by atoms with Crippen molar-refractivity contribution < 1.29 is 22.7 Å². The minimum atomic E-state index is -4.44. The molecular weight excluding hydrogens is 469 g/mol. The Balaban J connectivity index is 1.92. The number of alkyl halides is 3. The van der Waals surface area contributed by atoms with Crippen molar-refractivity contribution in [2.24, 2.45) is 5.92 Å². The number of benzene rings is 2. The average molecular weight is 489 g/mol. The van der Waals surface area contributed by atoms with E-state index in [4.69, 9.17) is 16.3 Å². The molecule has 0 aliphatic rings. The topological polar surface area (TPSA) is 80.8 Å². The number of carbonyl (C=O) groups excluding carboxylic acids is 1. The van der Waals surface area contributed by atoms with Gasteiger partial charge in [0.25, 0.3) is 0 Å². The standard InChI is InChI=1S/C24H20ClF3N4O2/c1-14(2)23(33)34-15(3)32-30-21(13-29)22(31-32)18-9-17(11-20(25)12-18)8-7-16-5-4-6-19(10-16)24(26,27)28/h4-12,14-15H,1-3H3/b8-7+. The molecular formula is C24H20ClF3N4O2. The summed E-state index contributed by atoms with van der Waals surface area (Å²) in [6.45, 7) is 4.96. The van der Waals surface area contributed by atoms with Gasteiger partial charge in [0.05, 0.1) is 11.5 Å². The molecule has 1 aromatic heterocycles. The van der Waals surface area contributed by atoms with Crippen molar-refractivity contribution in [3.8, 4) is 17.3 Å². The van der Waals surface area contributed by atoms with E-state index in [9.17, 15) is 23.2 Å². The summed E-state index contributed by atoms with van der Waals surface area (Å²) in [5.41, 5.74) is 0.900. The third-order valence-electron chi connectivity index (χ3n) is 4.69. The molecule has 0 bridgehead atoms. The molecule has 176 valence electrons. The molecule has 0 saturated heterocycles. The first-order valence-electron chi connectivity index (χ1n) is 10.2. The van der Waals surface area contributed by atoms with Crippen molar-refractivity contribution in [2.45, 2.75) is 33.2 Å². The zero-order valence-corrected chi connectivity index (χ0v) is 19.2. The van der Waals surface area contributed by atoms with Crippen molar-refractivity contribution in [3.05, 3.63) is 69.9 Å². The average Bonchev–Trinajstić information content (AvgIpc) is 3.21. The monoisotopic (exact) mass is 488 g/mol. The molecule has 6 nitrogen and oxygen atoms in total. The second-order valence-electron chi connectivity index (χ2n) is 7.75. The van der Waals surface area contributed by atoms with Gasteiger partial charge in [-0.05, 0) is 48.4 Å². The Morgan fingerprint density at radius 2 is 1.82 bits per heavy atom. The Morgan fingerprint density at radius 1 is 1.12 bits per heavy atom. The Hall–Kier alpha value is -3.64. The summed E-state index contributed by atoms with van der Waals surface area (Å²) >= 11 is 6.25. The summed E-state index contributed by atoms with van der Waals surface area (Å²) in [6, 6.07) is 11.8. The first-order valence-corrected chi connectivity index (χ1v) is 10.6. The van der Waals surface area contributed by atoms with Crippen molar-refractivity contribution in [1.82, 2.24) is 15.0 Å². The Labute approximate surface area is 199 Å². The number of aromatic nitrogens is 3. The molecule has 1 atom stereocenters. The molecule has 0 saturated carbocycles. The molecule has 0 amide bonds. The molecule has 10 heteroatoms. The Kier molecular flexibility index (Phi) is 7.42. The molecule has 0 radical (unpaired) electrons. The summed E-state index contributed by atoms with van der Waals surface area (Å²) in [7, 11) is 0. The van der Waals surface area contributed by atoms with Gasteiger partial charge in [-0.3, -0.25) is 4.79 Å². The lowest BCUT2D eigenvalue weighted by Gasteiger charge is -2.13. The van der Waals surface area contributed by atoms with Gasteiger partial charge < -0.3 is 4.74 Å². The first kappa shape index (κ1) is 25.0. The number of ether oxygens (including phenoxy) is 1. The Morgan fingerprint density at radius 3 is 2.47 bits per heavy atom. The van der Waals surface area contributed by atoms with Gasteiger partial charge in [-0.25, -0.2) is 0 Å². The largest absolute Gasteiger partial charge is 0.438 e. The van der Waals surface area contributed by atoms with Gasteiger partial charge in [-0.1, -0.05) is 49.7 Å². The third kappa shape index (κ3) is 6.02. The van der Waals surface area contributed by atoms with Crippen LogP contribution in [-0.2, 0) is 15.7 Å². The highest BCUT2D eigenvalue weighted by atomic mass is 35.5. The molecule has 0 aliphatic heterocycles. The fourth-order valence-corrected chi connectivity index (χ4v) is 3.21. The fraction of sp³-hybridized carbons (Fsp3) is 0.250. The number of rotatable bonds is 6. The predicted octanol–water partition coefficient (Wildman–Crippen LogP) is 6.38. The third-order valence-corrected chi connectivity index (χ3v) is 4.91. The maximum Gasteiger partial charge on any atom is 0.416 e. The Bertz CT molecular complexity index is 1280. The van der Waals surface area contributed by atoms with Gasteiger partial charge in [-0.15, -0.1) is 15.0 Å². The van der Waals surface area contributed by atoms with E-state index in [1.807, 2.05) is 6.07 Å². The summed E-state index contributed by atoms with van der Waals surface area (Å²) in [6.07, 6.45) is -2.14. The van der Waals surface area contributed by atoms with Crippen LogP contribution in [0.25, 0.3) is 23.4 Å². The smallest absolute Gasteiger partial charge is 0.416 e. The predicted molar refractivity (Wildman–Crippen MR) is 121 cm³/mol. The molecule has 0 aliphatic carbocycles. The van der Waals surface area contributed by atoms with Crippen LogP contribution in [0.1, 0.15) is 49.4 Å². The van der Waals surface area contributed by atoms with E-state index >= 15 is 0 Å². The zero-order chi connectivity index (χ0) is 25.0. The molecule has 1 unspecified atom stereocenters. The number of halogens is 4. The SMILES string of the molecule is CC(C)C(=O)OC(C)n1nc(C#N)c(-c2cc(Cl)cc(/C=C/c3cccc(C(F)(F)F)c3)c2)n1. The molecule has 3 rings (SSSR count). The number of nitriles is 1. The van der Waals surface area contributed by atoms with Crippen LogP contribution in [0.15, 0.2) is 42.5 Å². The van der Waals surface area contributed by atoms with Crippen LogP contribution < -0.4 is 0 Å². The van der Waals surface area contributed by atoms with Crippen molar-refractivity contribution in [2.75, 3.05) is 0 Å². The maximum atomic E-state index is 13.0. The molecule has 0 fully saturated rings. The maximum absolute atomic E-state index is 13.0. The van der Waals surface area contributed by atoms with Crippen LogP contribution >= 0.6 is 11.6 Å². The lowest BCUT2D eigenvalue weighted by molar-refractivity contribution is -0.157. The van der Waals surface area contributed by atoms with E-state index in [1.165, 1.54) is 12.1 Å². The van der Waals surface area contributed by atoms with Crippen molar-refractivity contribution in [1.29, 1.82) is 5.26 Å². The van der Waals surface area contributed by atoms with Crippen molar-refractivity contribution >= 4 is 29.7 Å². The number of carbonyl (C=O) groups is 1. The van der Waals surface area contributed by atoms with Gasteiger partial charge in [0, 0.05) is 10.6 Å². The minimum absolute atomic E-state index is 0.00233. The number of hydrogen-bond donors (Lipinski definition) is 0. The van der Waals surface area contributed by atoms with Gasteiger partial charge in [0.2, 0.25) is 6.23 Å². The van der Waals surface area contributed by atoms with Gasteiger partial charge in [0.15, 0.2) is 5.69 Å². The summed E-state index contributed by atoms with van der Waals surface area (Å²) in [5, 5.41) is 18.3. The van der Waals surface area contributed by atoms with Crippen LogP contribution in [0.5, 0.6) is 0 Å². The molecule has 1 heterocycles. The summed E-state index contributed by atoms with van der Waals surface area (Å²) < 4.78 is 44.1. The van der Waals surface area contributed by atoms with Crippen molar-refractivity contribution in [3.63, 3.8) is 0 Å². The van der Waals surface area contributed by atoms with E-state index < -0.39 is 23.9 Å². The second-order valence-corrected chi connectivity index (χ2v) is 8.19. The number of esters is 1.